The van der Waals surface area contributed by atoms with Crippen LogP contribution in [0.25, 0.3) is 22.5 Å². The quantitative estimate of drug-likeness (QED) is 0.496. The standard InChI is InChI=1S/C21H15F3N4/c22-21(23,24)19-8-4-7-18(13-19)20-25-27-28(26-20)14-15-9-11-17(12-10-15)16-5-2-1-3-6-16/h1-13H,14H2. The molecule has 4 aromatic rings. The average Bonchev–Trinajstić information content (AvgIpc) is 3.17. The lowest BCUT2D eigenvalue weighted by Crippen LogP contribution is -2.05. The summed E-state index contributed by atoms with van der Waals surface area (Å²) in [6, 6.07) is 22.9. The van der Waals surface area contributed by atoms with Crippen LogP contribution in [0, 0.1) is 0 Å². The van der Waals surface area contributed by atoms with Crippen LogP contribution in [0.1, 0.15) is 11.1 Å². The fourth-order valence-corrected chi connectivity index (χ4v) is 2.86. The molecule has 0 aliphatic rings. The van der Waals surface area contributed by atoms with Crippen LogP contribution in [0.4, 0.5) is 13.2 Å². The number of benzene rings is 3. The Morgan fingerprint density at radius 1 is 0.750 bits per heavy atom. The lowest BCUT2D eigenvalue weighted by Gasteiger charge is -2.06. The summed E-state index contributed by atoms with van der Waals surface area (Å²) in [7, 11) is 0. The highest BCUT2D eigenvalue weighted by Crippen LogP contribution is 2.31. The van der Waals surface area contributed by atoms with E-state index in [1.165, 1.54) is 16.9 Å². The molecule has 0 aliphatic heterocycles. The van der Waals surface area contributed by atoms with E-state index in [9.17, 15) is 13.2 Å². The van der Waals surface area contributed by atoms with Gasteiger partial charge in [-0.15, -0.1) is 10.2 Å². The molecule has 4 rings (SSSR count). The molecule has 0 saturated heterocycles. The number of nitrogens with zero attached hydrogens (tertiary/aromatic N) is 4. The van der Waals surface area contributed by atoms with Gasteiger partial charge in [-0.05, 0) is 34.0 Å². The van der Waals surface area contributed by atoms with Crippen molar-refractivity contribution >= 4 is 0 Å². The van der Waals surface area contributed by atoms with E-state index in [4.69, 9.17) is 0 Å². The molecule has 3 aromatic carbocycles. The molecule has 0 amide bonds. The van der Waals surface area contributed by atoms with Crippen LogP contribution in [-0.4, -0.2) is 20.2 Å². The molecule has 0 fully saturated rings. The molecule has 0 radical (unpaired) electrons. The van der Waals surface area contributed by atoms with Gasteiger partial charge in [0.2, 0.25) is 5.82 Å². The second-order valence-electron chi connectivity index (χ2n) is 6.28. The molecule has 0 saturated carbocycles. The smallest absolute Gasteiger partial charge is 0.166 e. The Kier molecular flexibility index (Phi) is 4.65. The predicted octanol–water partition coefficient (Wildman–Crippen LogP) is 5.07. The predicted molar refractivity (Wildman–Crippen MR) is 99.2 cm³/mol. The number of aromatic nitrogens is 4. The first-order valence-corrected chi connectivity index (χ1v) is 8.59. The van der Waals surface area contributed by atoms with Gasteiger partial charge in [0.1, 0.15) is 0 Å². The first-order valence-electron chi connectivity index (χ1n) is 8.59. The summed E-state index contributed by atoms with van der Waals surface area (Å²) >= 11 is 0. The summed E-state index contributed by atoms with van der Waals surface area (Å²) in [6.45, 7) is 0.376. The minimum absolute atomic E-state index is 0.159. The van der Waals surface area contributed by atoms with Gasteiger partial charge in [0.05, 0.1) is 12.1 Å². The molecule has 7 heteroatoms. The molecule has 28 heavy (non-hydrogen) atoms. The van der Waals surface area contributed by atoms with Crippen molar-refractivity contribution in [1.82, 2.24) is 20.2 Å². The second-order valence-corrected chi connectivity index (χ2v) is 6.28. The fraction of sp³-hybridized carbons (Fsp3) is 0.0952. The number of rotatable bonds is 4. The molecular formula is C21H15F3N4. The van der Waals surface area contributed by atoms with Crippen molar-refractivity contribution in [3.8, 4) is 22.5 Å². The SMILES string of the molecule is FC(F)(F)c1cccc(-c2nnn(Cc3ccc(-c4ccccc4)cc3)n2)c1. The molecule has 0 bridgehead atoms. The number of alkyl halides is 3. The summed E-state index contributed by atoms with van der Waals surface area (Å²) in [5.41, 5.74) is 2.73. The highest BCUT2D eigenvalue weighted by Gasteiger charge is 2.30. The summed E-state index contributed by atoms with van der Waals surface area (Å²) in [6.07, 6.45) is -4.41. The number of halogens is 3. The van der Waals surface area contributed by atoms with Crippen molar-refractivity contribution in [2.24, 2.45) is 0 Å². The van der Waals surface area contributed by atoms with Gasteiger partial charge < -0.3 is 0 Å². The Labute approximate surface area is 159 Å². The molecule has 140 valence electrons. The Morgan fingerprint density at radius 3 is 2.14 bits per heavy atom. The van der Waals surface area contributed by atoms with Crippen LogP contribution in [0.3, 0.4) is 0 Å². The molecule has 0 unspecified atom stereocenters. The third-order valence-electron chi connectivity index (χ3n) is 4.29. The Morgan fingerprint density at radius 2 is 1.43 bits per heavy atom. The molecule has 1 heterocycles. The van der Waals surface area contributed by atoms with Crippen LogP contribution in [0.15, 0.2) is 78.9 Å². The number of tetrazole rings is 1. The van der Waals surface area contributed by atoms with E-state index in [1.807, 2.05) is 54.6 Å². The van der Waals surface area contributed by atoms with Crippen molar-refractivity contribution in [2.75, 3.05) is 0 Å². The van der Waals surface area contributed by atoms with Gasteiger partial charge in [0.15, 0.2) is 0 Å². The Balaban J connectivity index is 1.51. The zero-order valence-corrected chi connectivity index (χ0v) is 14.6. The van der Waals surface area contributed by atoms with E-state index in [-0.39, 0.29) is 11.4 Å². The molecule has 4 nitrogen and oxygen atoms in total. The molecular weight excluding hydrogens is 365 g/mol. The zero-order chi connectivity index (χ0) is 19.6. The van der Waals surface area contributed by atoms with Crippen molar-refractivity contribution in [3.05, 3.63) is 90.0 Å². The van der Waals surface area contributed by atoms with E-state index in [0.717, 1.165) is 28.8 Å². The van der Waals surface area contributed by atoms with Gasteiger partial charge in [-0.2, -0.15) is 18.0 Å². The second kappa shape index (κ2) is 7.26. The van der Waals surface area contributed by atoms with Crippen molar-refractivity contribution < 1.29 is 13.2 Å². The molecule has 0 spiro atoms. The van der Waals surface area contributed by atoms with E-state index in [0.29, 0.717) is 6.54 Å². The normalized spacial score (nSPS) is 11.5. The third-order valence-corrected chi connectivity index (χ3v) is 4.29. The Bertz CT molecular complexity index is 1070. The summed E-state index contributed by atoms with van der Waals surface area (Å²) in [5.74, 6) is 0.159. The van der Waals surface area contributed by atoms with E-state index in [2.05, 4.69) is 15.4 Å². The largest absolute Gasteiger partial charge is 0.416 e. The van der Waals surface area contributed by atoms with Crippen LogP contribution < -0.4 is 0 Å². The maximum Gasteiger partial charge on any atom is 0.416 e. The van der Waals surface area contributed by atoms with E-state index in [1.54, 1.807) is 0 Å². The van der Waals surface area contributed by atoms with Crippen molar-refractivity contribution in [1.29, 1.82) is 0 Å². The molecule has 0 aliphatic carbocycles. The summed E-state index contributed by atoms with van der Waals surface area (Å²) in [5, 5.41) is 12.0. The number of hydrogen-bond donors (Lipinski definition) is 0. The first kappa shape index (κ1) is 17.9. The van der Waals surface area contributed by atoms with Gasteiger partial charge in [0, 0.05) is 5.56 Å². The highest BCUT2D eigenvalue weighted by molar-refractivity contribution is 5.63. The summed E-state index contributed by atoms with van der Waals surface area (Å²) < 4.78 is 38.6. The maximum atomic E-state index is 12.9. The van der Waals surface area contributed by atoms with Gasteiger partial charge in [-0.3, -0.25) is 0 Å². The minimum Gasteiger partial charge on any atom is -0.166 e. The van der Waals surface area contributed by atoms with Crippen molar-refractivity contribution in [2.45, 2.75) is 12.7 Å². The Hall–Kier alpha value is -3.48. The van der Waals surface area contributed by atoms with E-state index >= 15 is 0 Å². The molecule has 1 aromatic heterocycles. The van der Waals surface area contributed by atoms with Crippen LogP contribution >= 0.6 is 0 Å². The highest BCUT2D eigenvalue weighted by atomic mass is 19.4. The topological polar surface area (TPSA) is 43.6 Å². The zero-order valence-electron chi connectivity index (χ0n) is 14.6. The average molecular weight is 380 g/mol. The van der Waals surface area contributed by atoms with Gasteiger partial charge >= 0.3 is 6.18 Å². The molecule has 0 N–H and O–H groups in total. The third kappa shape index (κ3) is 3.93. The summed E-state index contributed by atoms with van der Waals surface area (Å²) in [4.78, 5) is 1.37. The maximum absolute atomic E-state index is 12.9. The van der Waals surface area contributed by atoms with Gasteiger partial charge in [-0.25, -0.2) is 0 Å². The van der Waals surface area contributed by atoms with Crippen molar-refractivity contribution in [3.63, 3.8) is 0 Å². The lowest BCUT2D eigenvalue weighted by molar-refractivity contribution is -0.137. The minimum atomic E-state index is -4.41. The van der Waals surface area contributed by atoms with E-state index < -0.39 is 11.7 Å². The van der Waals surface area contributed by atoms with Gasteiger partial charge in [0.25, 0.3) is 0 Å². The molecule has 0 atom stereocenters. The first-order chi connectivity index (χ1) is 13.5. The lowest BCUT2D eigenvalue weighted by atomic mass is 10.0. The fourth-order valence-electron chi connectivity index (χ4n) is 2.86. The van der Waals surface area contributed by atoms with Crippen LogP contribution in [0.5, 0.6) is 0 Å². The van der Waals surface area contributed by atoms with Crippen LogP contribution in [0.2, 0.25) is 0 Å². The van der Waals surface area contributed by atoms with Gasteiger partial charge in [-0.1, -0.05) is 66.7 Å². The monoisotopic (exact) mass is 380 g/mol. The number of hydrogen-bond acceptors (Lipinski definition) is 3. The van der Waals surface area contributed by atoms with Crippen LogP contribution in [-0.2, 0) is 12.7 Å².